The third-order valence-corrected chi connectivity index (χ3v) is 3.99. The van der Waals surface area contributed by atoms with E-state index in [2.05, 4.69) is 36.5 Å². The molecule has 0 saturated carbocycles. The van der Waals surface area contributed by atoms with Crippen LogP contribution in [0.2, 0.25) is 0 Å². The van der Waals surface area contributed by atoms with E-state index in [1.54, 1.807) is 11.8 Å². The van der Waals surface area contributed by atoms with E-state index in [1.807, 2.05) is 13.8 Å². The summed E-state index contributed by atoms with van der Waals surface area (Å²) in [6.45, 7) is 4.98. The van der Waals surface area contributed by atoms with Crippen LogP contribution < -0.4 is 5.32 Å². The average molecular weight is 358 g/mol. The van der Waals surface area contributed by atoms with Crippen molar-refractivity contribution in [1.29, 1.82) is 0 Å². The van der Waals surface area contributed by atoms with E-state index >= 15 is 0 Å². The van der Waals surface area contributed by atoms with Crippen molar-refractivity contribution in [3.63, 3.8) is 0 Å². The molecule has 21 heavy (non-hydrogen) atoms. The molecule has 0 spiro atoms. The van der Waals surface area contributed by atoms with Crippen molar-refractivity contribution < 1.29 is 14.1 Å². The molecule has 0 bridgehead atoms. The van der Waals surface area contributed by atoms with Crippen LogP contribution in [-0.2, 0) is 11.3 Å². The number of amides is 1. The molecule has 0 aliphatic heterocycles. The lowest BCUT2D eigenvalue weighted by atomic mass is 10.4. The zero-order chi connectivity index (χ0) is 15.4. The SMILES string of the molecule is COCCNC(=O)c1nc(Cn2nc(C)c(Br)c2C)no1. The Labute approximate surface area is 130 Å². The highest BCUT2D eigenvalue weighted by Crippen LogP contribution is 2.20. The molecule has 1 amide bonds. The standard InChI is InChI=1S/C12H16BrN5O3/c1-7-10(13)8(2)18(16-7)6-9-15-12(21-17-9)11(19)14-4-5-20-3/h4-6H2,1-3H3,(H,14,19). The van der Waals surface area contributed by atoms with E-state index in [-0.39, 0.29) is 5.89 Å². The first-order valence-electron chi connectivity index (χ1n) is 6.32. The van der Waals surface area contributed by atoms with Gasteiger partial charge in [0.25, 0.3) is 0 Å². The van der Waals surface area contributed by atoms with E-state index in [0.29, 0.717) is 25.5 Å². The van der Waals surface area contributed by atoms with E-state index < -0.39 is 5.91 Å². The first-order chi connectivity index (χ1) is 10.0. The van der Waals surface area contributed by atoms with Gasteiger partial charge in [0.05, 0.1) is 22.5 Å². The fourth-order valence-electron chi connectivity index (χ4n) is 1.72. The minimum atomic E-state index is -0.416. The second-order valence-corrected chi connectivity index (χ2v) is 5.20. The number of carbonyl (C=O) groups excluding carboxylic acids is 1. The third-order valence-electron chi connectivity index (χ3n) is 2.84. The molecule has 9 heteroatoms. The summed E-state index contributed by atoms with van der Waals surface area (Å²) in [5.41, 5.74) is 1.84. The van der Waals surface area contributed by atoms with Crippen molar-refractivity contribution in [2.24, 2.45) is 0 Å². The van der Waals surface area contributed by atoms with Crippen molar-refractivity contribution in [2.45, 2.75) is 20.4 Å². The predicted molar refractivity (Wildman–Crippen MR) is 77.0 cm³/mol. The summed E-state index contributed by atoms with van der Waals surface area (Å²) in [6, 6.07) is 0. The lowest BCUT2D eigenvalue weighted by Gasteiger charge is -2.00. The van der Waals surface area contributed by atoms with Crippen molar-refractivity contribution in [3.05, 3.63) is 27.6 Å². The van der Waals surface area contributed by atoms with Crippen molar-refractivity contribution >= 4 is 21.8 Å². The summed E-state index contributed by atoms with van der Waals surface area (Å²) >= 11 is 3.45. The normalized spacial score (nSPS) is 10.9. The highest BCUT2D eigenvalue weighted by molar-refractivity contribution is 9.10. The topological polar surface area (TPSA) is 95.1 Å². The number of hydrogen-bond donors (Lipinski definition) is 1. The monoisotopic (exact) mass is 357 g/mol. The number of ether oxygens (including phenoxy) is 1. The summed E-state index contributed by atoms with van der Waals surface area (Å²) in [7, 11) is 1.56. The summed E-state index contributed by atoms with van der Waals surface area (Å²) < 4.78 is 12.5. The first kappa shape index (κ1) is 15.6. The van der Waals surface area contributed by atoms with Crippen LogP contribution in [0.5, 0.6) is 0 Å². The van der Waals surface area contributed by atoms with E-state index in [4.69, 9.17) is 9.26 Å². The third kappa shape index (κ3) is 3.67. The maximum Gasteiger partial charge on any atom is 0.316 e. The number of nitrogens with zero attached hydrogens (tertiary/aromatic N) is 4. The molecule has 0 fully saturated rings. The minimum Gasteiger partial charge on any atom is -0.383 e. The van der Waals surface area contributed by atoms with Crippen LogP contribution in [0.4, 0.5) is 0 Å². The van der Waals surface area contributed by atoms with Gasteiger partial charge in [0.1, 0.15) is 6.54 Å². The Bertz CT molecular complexity index is 637. The summed E-state index contributed by atoms with van der Waals surface area (Å²) in [5.74, 6) is -0.0907. The van der Waals surface area contributed by atoms with Crippen LogP contribution in [0.1, 0.15) is 27.9 Å². The van der Waals surface area contributed by atoms with Crippen LogP contribution in [0.3, 0.4) is 0 Å². The zero-order valence-electron chi connectivity index (χ0n) is 12.0. The number of aryl methyl sites for hydroxylation is 1. The highest BCUT2D eigenvalue weighted by atomic mass is 79.9. The Morgan fingerprint density at radius 3 is 2.86 bits per heavy atom. The van der Waals surface area contributed by atoms with Gasteiger partial charge in [-0.25, -0.2) is 0 Å². The fraction of sp³-hybridized carbons (Fsp3) is 0.500. The first-order valence-corrected chi connectivity index (χ1v) is 7.11. The number of aromatic nitrogens is 4. The van der Waals surface area contributed by atoms with Crippen LogP contribution in [0.25, 0.3) is 0 Å². The van der Waals surface area contributed by atoms with Gasteiger partial charge in [-0.05, 0) is 29.8 Å². The number of hydrogen-bond acceptors (Lipinski definition) is 6. The van der Waals surface area contributed by atoms with Crippen LogP contribution in [0.15, 0.2) is 9.00 Å². The quantitative estimate of drug-likeness (QED) is 0.777. The molecule has 2 aromatic rings. The van der Waals surface area contributed by atoms with Gasteiger partial charge >= 0.3 is 11.8 Å². The largest absolute Gasteiger partial charge is 0.383 e. The molecule has 2 aromatic heterocycles. The van der Waals surface area contributed by atoms with Crippen molar-refractivity contribution in [1.82, 2.24) is 25.2 Å². The van der Waals surface area contributed by atoms with Crippen LogP contribution >= 0.6 is 15.9 Å². The molecule has 0 unspecified atom stereocenters. The number of halogens is 1. The number of carbonyl (C=O) groups is 1. The Balaban J connectivity index is 2.03. The second-order valence-electron chi connectivity index (χ2n) is 4.41. The van der Waals surface area contributed by atoms with E-state index in [9.17, 15) is 4.79 Å². The van der Waals surface area contributed by atoms with Crippen molar-refractivity contribution in [2.75, 3.05) is 20.3 Å². The van der Waals surface area contributed by atoms with Gasteiger partial charge in [-0.3, -0.25) is 9.48 Å². The van der Waals surface area contributed by atoms with Gasteiger partial charge in [-0.1, -0.05) is 5.16 Å². The molecule has 1 N–H and O–H groups in total. The minimum absolute atomic E-state index is 0.0679. The molecule has 8 nitrogen and oxygen atoms in total. The van der Waals surface area contributed by atoms with Crippen LogP contribution in [0, 0.1) is 13.8 Å². The molecule has 0 atom stereocenters. The highest BCUT2D eigenvalue weighted by Gasteiger charge is 2.16. The Morgan fingerprint density at radius 1 is 1.48 bits per heavy atom. The fourth-order valence-corrected chi connectivity index (χ4v) is 2.00. The molecule has 0 aliphatic carbocycles. The molecular weight excluding hydrogens is 342 g/mol. The zero-order valence-corrected chi connectivity index (χ0v) is 13.6. The lowest BCUT2D eigenvalue weighted by Crippen LogP contribution is -2.27. The van der Waals surface area contributed by atoms with Gasteiger partial charge in [0.15, 0.2) is 5.82 Å². The average Bonchev–Trinajstić information content (AvgIpc) is 3.01. The molecule has 0 aliphatic rings. The Hall–Kier alpha value is -1.74. The van der Waals surface area contributed by atoms with E-state index in [0.717, 1.165) is 15.9 Å². The molecule has 2 rings (SSSR count). The summed E-state index contributed by atoms with van der Waals surface area (Å²) in [5, 5.41) is 10.7. The van der Waals surface area contributed by atoms with Crippen molar-refractivity contribution in [3.8, 4) is 0 Å². The van der Waals surface area contributed by atoms with Gasteiger partial charge in [-0.15, -0.1) is 0 Å². The smallest absolute Gasteiger partial charge is 0.316 e. The van der Waals surface area contributed by atoms with Gasteiger partial charge in [-0.2, -0.15) is 10.1 Å². The summed E-state index contributed by atoms with van der Waals surface area (Å²) in [6.07, 6.45) is 0. The van der Waals surface area contributed by atoms with Gasteiger partial charge in [0.2, 0.25) is 0 Å². The molecular formula is C12H16BrN5O3. The molecule has 0 aromatic carbocycles. The number of nitrogens with one attached hydrogen (secondary N) is 1. The molecule has 0 radical (unpaired) electrons. The molecule has 0 saturated heterocycles. The second kappa shape index (κ2) is 6.81. The summed E-state index contributed by atoms with van der Waals surface area (Å²) in [4.78, 5) is 15.8. The Kier molecular flexibility index (Phi) is 5.07. The lowest BCUT2D eigenvalue weighted by molar-refractivity contribution is 0.0893. The maximum atomic E-state index is 11.7. The maximum absolute atomic E-state index is 11.7. The van der Waals surface area contributed by atoms with Crippen LogP contribution in [-0.4, -0.2) is 46.1 Å². The predicted octanol–water partition coefficient (Wildman–Crippen LogP) is 1.07. The van der Waals surface area contributed by atoms with Gasteiger partial charge < -0.3 is 14.6 Å². The van der Waals surface area contributed by atoms with E-state index in [1.165, 1.54) is 0 Å². The van der Waals surface area contributed by atoms with Gasteiger partial charge in [0, 0.05) is 13.7 Å². The molecule has 114 valence electrons. The number of rotatable bonds is 6. The number of methoxy groups -OCH3 is 1. The Morgan fingerprint density at radius 2 is 2.24 bits per heavy atom. The molecule has 2 heterocycles.